The normalized spacial score (nSPS) is 25.2. The van der Waals surface area contributed by atoms with Crippen LogP contribution in [0.5, 0.6) is 0 Å². The zero-order valence-corrected chi connectivity index (χ0v) is 10.9. The molecule has 0 aromatic heterocycles. The van der Waals surface area contributed by atoms with Crippen LogP contribution < -0.4 is 5.32 Å². The van der Waals surface area contributed by atoms with Gasteiger partial charge in [-0.05, 0) is 26.2 Å². The molecule has 0 aromatic carbocycles. The molecule has 1 heterocycles. The molecular weight excluding hydrogens is 216 g/mol. The summed E-state index contributed by atoms with van der Waals surface area (Å²) in [5.74, 6) is 0. The number of urea groups is 1. The highest BCUT2D eigenvalue weighted by atomic mass is 16.3. The SMILES string of the molecule is C/C=C/CCNC(=O)N1CCCC(C)(CO)C1. The number of likely N-dealkylation sites (tertiary alicyclic amines) is 1. The second kappa shape index (κ2) is 6.64. The van der Waals surface area contributed by atoms with E-state index >= 15 is 0 Å². The molecule has 0 bridgehead atoms. The molecular formula is C13H24N2O2. The van der Waals surface area contributed by atoms with Crippen LogP contribution in [0.1, 0.15) is 33.1 Å². The molecule has 1 aliphatic rings. The van der Waals surface area contributed by atoms with E-state index in [2.05, 4.69) is 5.32 Å². The maximum atomic E-state index is 11.9. The van der Waals surface area contributed by atoms with Crippen molar-refractivity contribution in [3.8, 4) is 0 Å². The highest BCUT2D eigenvalue weighted by Gasteiger charge is 2.32. The molecule has 2 N–H and O–H groups in total. The summed E-state index contributed by atoms with van der Waals surface area (Å²) in [4.78, 5) is 13.7. The van der Waals surface area contributed by atoms with E-state index in [9.17, 15) is 9.90 Å². The van der Waals surface area contributed by atoms with Crippen molar-refractivity contribution in [3.05, 3.63) is 12.2 Å². The molecule has 0 aliphatic carbocycles. The monoisotopic (exact) mass is 240 g/mol. The summed E-state index contributed by atoms with van der Waals surface area (Å²) in [5, 5.41) is 12.2. The number of hydrogen-bond donors (Lipinski definition) is 2. The van der Waals surface area contributed by atoms with Crippen LogP contribution in [0.15, 0.2) is 12.2 Å². The van der Waals surface area contributed by atoms with Crippen LogP contribution in [0.4, 0.5) is 4.79 Å². The third kappa shape index (κ3) is 4.38. The first kappa shape index (κ1) is 14.0. The molecule has 1 aliphatic heterocycles. The fourth-order valence-electron chi connectivity index (χ4n) is 2.16. The minimum absolute atomic E-state index is 0.00567. The van der Waals surface area contributed by atoms with Crippen molar-refractivity contribution in [1.82, 2.24) is 10.2 Å². The first-order chi connectivity index (χ1) is 8.11. The highest BCUT2D eigenvalue weighted by Crippen LogP contribution is 2.28. The predicted molar refractivity (Wildman–Crippen MR) is 68.8 cm³/mol. The van der Waals surface area contributed by atoms with E-state index in [-0.39, 0.29) is 18.1 Å². The van der Waals surface area contributed by atoms with Gasteiger partial charge in [0.05, 0.1) is 6.61 Å². The van der Waals surface area contributed by atoms with Crippen molar-refractivity contribution in [2.45, 2.75) is 33.1 Å². The lowest BCUT2D eigenvalue weighted by atomic mass is 9.83. The molecule has 1 rings (SSSR count). The smallest absolute Gasteiger partial charge is 0.317 e. The van der Waals surface area contributed by atoms with E-state index in [0.29, 0.717) is 13.1 Å². The summed E-state index contributed by atoms with van der Waals surface area (Å²) in [7, 11) is 0. The summed E-state index contributed by atoms with van der Waals surface area (Å²) >= 11 is 0. The molecule has 1 atom stereocenters. The third-order valence-corrected chi connectivity index (χ3v) is 3.27. The molecule has 0 saturated carbocycles. The van der Waals surface area contributed by atoms with Crippen molar-refractivity contribution < 1.29 is 9.90 Å². The number of carbonyl (C=O) groups excluding carboxylic acids is 1. The Labute approximate surface area is 104 Å². The van der Waals surface area contributed by atoms with Crippen LogP contribution in [0, 0.1) is 5.41 Å². The number of nitrogens with one attached hydrogen (secondary N) is 1. The number of carbonyl (C=O) groups is 1. The third-order valence-electron chi connectivity index (χ3n) is 3.27. The van der Waals surface area contributed by atoms with Gasteiger partial charge in [0.25, 0.3) is 0 Å². The number of allylic oxidation sites excluding steroid dienone is 1. The number of hydrogen-bond acceptors (Lipinski definition) is 2. The van der Waals surface area contributed by atoms with Gasteiger partial charge in [0.1, 0.15) is 0 Å². The van der Waals surface area contributed by atoms with Gasteiger partial charge in [-0.25, -0.2) is 4.79 Å². The maximum absolute atomic E-state index is 11.9. The standard InChI is InChI=1S/C13H24N2O2/c1-3-4-5-8-14-12(17)15-9-6-7-13(2,10-15)11-16/h3-4,16H,5-11H2,1-2H3,(H,14,17)/b4-3+. The van der Waals surface area contributed by atoms with Gasteiger partial charge in [0.2, 0.25) is 0 Å². The molecule has 4 nitrogen and oxygen atoms in total. The molecule has 0 radical (unpaired) electrons. The van der Waals surface area contributed by atoms with Crippen LogP contribution >= 0.6 is 0 Å². The number of rotatable bonds is 4. The Morgan fingerprint density at radius 1 is 1.59 bits per heavy atom. The summed E-state index contributed by atoms with van der Waals surface area (Å²) in [6.45, 7) is 6.28. The molecule has 0 aromatic rings. The van der Waals surface area contributed by atoms with Crippen LogP contribution in [-0.4, -0.2) is 42.3 Å². The lowest BCUT2D eigenvalue weighted by Gasteiger charge is -2.39. The van der Waals surface area contributed by atoms with Gasteiger partial charge in [-0.15, -0.1) is 0 Å². The zero-order chi connectivity index (χ0) is 12.7. The Bertz CT molecular complexity index is 279. The highest BCUT2D eigenvalue weighted by molar-refractivity contribution is 5.74. The van der Waals surface area contributed by atoms with Gasteiger partial charge in [-0.3, -0.25) is 0 Å². The number of aliphatic hydroxyl groups is 1. The molecule has 4 heteroatoms. The van der Waals surface area contributed by atoms with Crippen molar-refractivity contribution >= 4 is 6.03 Å². The van der Waals surface area contributed by atoms with E-state index in [4.69, 9.17) is 0 Å². The second-order valence-corrected chi connectivity index (χ2v) is 5.08. The Balaban J connectivity index is 2.36. The first-order valence-electron chi connectivity index (χ1n) is 6.36. The van der Waals surface area contributed by atoms with Gasteiger partial charge >= 0.3 is 6.03 Å². The van der Waals surface area contributed by atoms with E-state index in [1.165, 1.54) is 0 Å². The average Bonchev–Trinajstić information content (AvgIpc) is 2.34. The number of nitrogens with zero attached hydrogens (tertiary/aromatic N) is 1. The van der Waals surface area contributed by atoms with Gasteiger partial charge in [0, 0.05) is 25.0 Å². The minimum Gasteiger partial charge on any atom is -0.396 e. The number of piperidine rings is 1. The molecule has 0 spiro atoms. The minimum atomic E-state index is -0.126. The fourth-order valence-corrected chi connectivity index (χ4v) is 2.16. The molecule has 17 heavy (non-hydrogen) atoms. The average molecular weight is 240 g/mol. The molecule has 1 unspecified atom stereocenters. The Hall–Kier alpha value is -1.03. The second-order valence-electron chi connectivity index (χ2n) is 5.08. The van der Waals surface area contributed by atoms with Crippen molar-refractivity contribution in [2.24, 2.45) is 5.41 Å². The summed E-state index contributed by atoms with van der Waals surface area (Å²) < 4.78 is 0. The number of amides is 2. The maximum Gasteiger partial charge on any atom is 0.317 e. The zero-order valence-electron chi connectivity index (χ0n) is 10.9. The van der Waals surface area contributed by atoms with Crippen LogP contribution in [0.2, 0.25) is 0 Å². The molecule has 98 valence electrons. The van der Waals surface area contributed by atoms with Gasteiger partial charge in [0.15, 0.2) is 0 Å². The molecule has 1 saturated heterocycles. The van der Waals surface area contributed by atoms with Gasteiger partial charge < -0.3 is 15.3 Å². The van der Waals surface area contributed by atoms with E-state index in [1.807, 2.05) is 30.9 Å². The van der Waals surface area contributed by atoms with Gasteiger partial charge in [-0.2, -0.15) is 0 Å². The molecule has 2 amide bonds. The lowest BCUT2D eigenvalue weighted by Crippen LogP contribution is -2.50. The summed E-state index contributed by atoms with van der Waals surface area (Å²) in [5.41, 5.74) is -0.126. The van der Waals surface area contributed by atoms with Crippen LogP contribution in [0.25, 0.3) is 0 Å². The lowest BCUT2D eigenvalue weighted by molar-refractivity contribution is 0.0616. The quantitative estimate of drug-likeness (QED) is 0.581. The van der Waals surface area contributed by atoms with Crippen molar-refractivity contribution in [3.63, 3.8) is 0 Å². The fraction of sp³-hybridized carbons (Fsp3) is 0.769. The molecule has 1 fully saturated rings. The largest absolute Gasteiger partial charge is 0.396 e. The summed E-state index contributed by atoms with van der Waals surface area (Å²) in [6.07, 6.45) is 6.85. The predicted octanol–water partition coefficient (Wildman–Crippen LogP) is 1.76. The van der Waals surface area contributed by atoms with Crippen LogP contribution in [0.3, 0.4) is 0 Å². The first-order valence-corrected chi connectivity index (χ1v) is 6.36. The topological polar surface area (TPSA) is 52.6 Å². The van der Waals surface area contributed by atoms with E-state index in [0.717, 1.165) is 25.8 Å². The Morgan fingerprint density at radius 2 is 2.35 bits per heavy atom. The number of aliphatic hydroxyl groups excluding tert-OH is 1. The Morgan fingerprint density at radius 3 is 3.00 bits per heavy atom. The van der Waals surface area contributed by atoms with Crippen molar-refractivity contribution in [2.75, 3.05) is 26.2 Å². The van der Waals surface area contributed by atoms with Crippen molar-refractivity contribution in [1.29, 1.82) is 0 Å². The Kier molecular flexibility index (Phi) is 5.48. The summed E-state index contributed by atoms with van der Waals surface area (Å²) in [6, 6.07) is -0.00567. The van der Waals surface area contributed by atoms with E-state index < -0.39 is 0 Å². The van der Waals surface area contributed by atoms with Crippen LogP contribution in [-0.2, 0) is 0 Å². The van der Waals surface area contributed by atoms with Gasteiger partial charge in [-0.1, -0.05) is 19.1 Å². The van der Waals surface area contributed by atoms with E-state index in [1.54, 1.807) is 0 Å².